The number of carboxylic acid groups (broad SMARTS) is 1. The van der Waals surface area contributed by atoms with E-state index in [0.717, 1.165) is 13.8 Å². The molecule has 0 aliphatic carbocycles. The number of nitrogens with two attached hydrogens (primary N) is 3. The van der Waals surface area contributed by atoms with Crippen LogP contribution in [0.3, 0.4) is 0 Å². The molecule has 0 saturated heterocycles. The lowest BCUT2D eigenvalue weighted by molar-refractivity contribution is -0.145. The molecule has 6 amide bonds. The van der Waals surface area contributed by atoms with Gasteiger partial charge in [0.25, 0.3) is 0 Å². The fraction of sp³-hybridized carbons (Fsp3) is 0.692. The first-order valence-electron chi connectivity index (χ1n) is 14.6. The summed E-state index contributed by atoms with van der Waals surface area (Å²) in [5.74, 6) is -7.34. The van der Waals surface area contributed by atoms with Crippen LogP contribution in [0, 0.1) is 0 Å². The number of aliphatic imine (C=N–C) groups is 1. The Kier molecular flexibility index (Phi) is 18.5. The van der Waals surface area contributed by atoms with Gasteiger partial charge >= 0.3 is 5.97 Å². The lowest BCUT2D eigenvalue weighted by Crippen LogP contribution is -2.62. The second-order valence-electron chi connectivity index (χ2n) is 10.8. The topological polar surface area (TPSA) is 363 Å². The van der Waals surface area contributed by atoms with E-state index in [2.05, 4.69) is 36.9 Å². The van der Waals surface area contributed by atoms with Gasteiger partial charge in [0.1, 0.15) is 30.2 Å². The zero-order valence-corrected chi connectivity index (χ0v) is 26.9. The average Bonchev–Trinajstić information content (AvgIpc) is 2.97. The molecule has 9 atom stereocenters. The molecule has 0 heterocycles. The Balaban J connectivity index is 5.79. The molecule has 0 saturated carbocycles. The number of carbonyl (C=O) groups is 7. The predicted octanol–water partition coefficient (Wildman–Crippen LogP) is -6.83. The summed E-state index contributed by atoms with van der Waals surface area (Å²) in [6.07, 6.45) is -3.02. The Morgan fingerprint density at radius 2 is 1.09 bits per heavy atom. The summed E-state index contributed by atoms with van der Waals surface area (Å²) in [6, 6.07) is -9.85. The van der Waals surface area contributed by atoms with Gasteiger partial charge in [-0.05, 0) is 47.5 Å². The first-order chi connectivity index (χ1) is 21.7. The molecule has 268 valence electrons. The number of carbonyl (C=O) groups excluding carboxylic acids is 6. The molecule has 0 unspecified atom stereocenters. The zero-order valence-electron chi connectivity index (χ0n) is 26.9. The number of guanidine groups is 1. The standard InChI is InChI=1S/C26H48N10O11/c1-10(27)19(40)31-11(2)20(41)34-16(9-37)23(44)35-17(13(4)38)24(45)33-15(7-6-8-30-26(28)29)22(43)32-12(3)21(42)36-18(14(5)39)25(46)47/h10-18,37-39H,6-9,27H2,1-5H3,(H,31,40)(H,32,43)(H,33,45)(H,34,41)(H,35,44)(H,36,42)(H,46,47)(H4,28,29,30)/t10-,11-,12-,13+,14+,15-,16-,17-,18-/m0/s1. The average molecular weight is 677 g/mol. The van der Waals surface area contributed by atoms with Crippen molar-refractivity contribution in [2.75, 3.05) is 13.2 Å². The van der Waals surface area contributed by atoms with Crippen molar-refractivity contribution in [2.45, 2.75) is 102 Å². The summed E-state index contributed by atoms with van der Waals surface area (Å²) in [5.41, 5.74) is 16.1. The molecule has 16 N–H and O–H groups in total. The lowest BCUT2D eigenvalue weighted by atomic mass is 10.1. The van der Waals surface area contributed by atoms with Gasteiger partial charge in [-0.25, -0.2) is 4.79 Å². The Morgan fingerprint density at radius 1 is 0.638 bits per heavy atom. The van der Waals surface area contributed by atoms with Crippen molar-refractivity contribution in [3.8, 4) is 0 Å². The molecule has 0 rings (SSSR count). The third-order valence-corrected chi connectivity index (χ3v) is 6.42. The van der Waals surface area contributed by atoms with E-state index >= 15 is 0 Å². The summed E-state index contributed by atoms with van der Waals surface area (Å²) < 4.78 is 0. The molecule has 0 aliphatic heterocycles. The molecular formula is C26H48N10O11. The number of nitrogens with one attached hydrogen (secondary N) is 6. The lowest BCUT2D eigenvalue weighted by Gasteiger charge is -2.27. The minimum atomic E-state index is -1.72. The molecule has 47 heavy (non-hydrogen) atoms. The van der Waals surface area contributed by atoms with Crippen molar-refractivity contribution >= 4 is 47.4 Å². The van der Waals surface area contributed by atoms with Crippen LogP contribution in [-0.4, -0.2) is 135 Å². The van der Waals surface area contributed by atoms with Gasteiger partial charge in [0.15, 0.2) is 12.0 Å². The second-order valence-corrected chi connectivity index (χ2v) is 10.8. The fourth-order valence-electron chi connectivity index (χ4n) is 3.64. The van der Waals surface area contributed by atoms with Gasteiger partial charge in [-0.15, -0.1) is 0 Å². The molecule has 0 aromatic rings. The van der Waals surface area contributed by atoms with Gasteiger partial charge in [-0.1, -0.05) is 0 Å². The number of aliphatic hydroxyl groups is 3. The smallest absolute Gasteiger partial charge is 0.328 e. The molecule has 0 aromatic carbocycles. The fourth-order valence-corrected chi connectivity index (χ4v) is 3.64. The number of amides is 6. The number of rotatable bonds is 20. The van der Waals surface area contributed by atoms with Gasteiger partial charge in [-0.3, -0.25) is 33.8 Å². The van der Waals surface area contributed by atoms with Crippen molar-refractivity contribution in [3.63, 3.8) is 0 Å². The summed E-state index contributed by atoms with van der Waals surface area (Å²) in [7, 11) is 0. The molecule has 0 spiro atoms. The van der Waals surface area contributed by atoms with Gasteiger partial charge in [0.2, 0.25) is 35.4 Å². The van der Waals surface area contributed by atoms with E-state index in [4.69, 9.17) is 17.2 Å². The first-order valence-corrected chi connectivity index (χ1v) is 14.6. The zero-order chi connectivity index (χ0) is 36.6. The van der Waals surface area contributed by atoms with E-state index in [-0.39, 0.29) is 25.3 Å². The highest BCUT2D eigenvalue weighted by Gasteiger charge is 2.34. The Bertz CT molecular complexity index is 1140. The Morgan fingerprint density at radius 3 is 1.53 bits per heavy atom. The largest absolute Gasteiger partial charge is 0.480 e. The maximum Gasteiger partial charge on any atom is 0.328 e. The van der Waals surface area contributed by atoms with E-state index in [0.29, 0.717) is 0 Å². The van der Waals surface area contributed by atoms with Crippen LogP contribution < -0.4 is 49.1 Å². The number of hydrogen-bond donors (Lipinski definition) is 13. The third kappa shape index (κ3) is 15.5. The summed E-state index contributed by atoms with van der Waals surface area (Å²) >= 11 is 0. The third-order valence-electron chi connectivity index (χ3n) is 6.42. The van der Waals surface area contributed by atoms with Crippen molar-refractivity contribution in [2.24, 2.45) is 22.2 Å². The SMILES string of the molecule is C[C@H](N)C(=O)N[C@@H](C)C(=O)N[C@@H](CO)C(=O)N[C@H](C(=O)N[C@@H](CCCN=C(N)N)C(=O)N[C@@H](C)C(=O)N[C@H](C(=O)O)[C@@H](C)O)[C@@H](C)O. The second kappa shape index (κ2) is 20.5. The van der Waals surface area contributed by atoms with Crippen molar-refractivity contribution in [3.05, 3.63) is 0 Å². The monoisotopic (exact) mass is 676 g/mol. The molecule has 0 aromatic heterocycles. The number of hydrogen-bond acceptors (Lipinski definition) is 12. The highest BCUT2D eigenvalue weighted by atomic mass is 16.4. The van der Waals surface area contributed by atoms with Crippen LogP contribution in [0.15, 0.2) is 4.99 Å². The van der Waals surface area contributed by atoms with E-state index in [9.17, 15) is 54.0 Å². The molecule has 21 nitrogen and oxygen atoms in total. The molecule has 0 bridgehead atoms. The molecule has 0 radical (unpaired) electrons. The van der Waals surface area contributed by atoms with Crippen LogP contribution in [0.25, 0.3) is 0 Å². The van der Waals surface area contributed by atoms with Crippen LogP contribution in [0.2, 0.25) is 0 Å². The van der Waals surface area contributed by atoms with Crippen LogP contribution in [-0.2, 0) is 33.6 Å². The number of aliphatic hydroxyl groups excluding tert-OH is 3. The number of carboxylic acids is 1. The van der Waals surface area contributed by atoms with Gasteiger partial charge in [0, 0.05) is 6.54 Å². The molecule has 21 heteroatoms. The first kappa shape index (κ1) is 42.4. The summed E-state index contributed by atoms with van der Waals surface area (Å²) in [4.78, 5) is 91.0. The minimum absolute atomic E-state index is 0.0320. The van der Waals surface area contributed by atoms with Gasteiger partial charge in [0.05, 0.1) is 24.9 Å². The highest BCUT2D eigenvalue weighted by Crippen LogP contribution is 2.04. The molecular weight excluding hydrogens is 628 g/mol. The highest BCUT2D eigenvalue weighted by molar-refractivity contribution is 5.97. The Hall–Kier alpha value is -4.60. The van der Waals surface area contributed by atoms with Crippen LogP contribution in [0.5, 0.6) is 0 Å². The van der Waals surface area contributed by atoms with Gasteiger partial charge in [-0.2, -0.15) is 0 Å². The maximum absolute atomic E-state index is 13.2. The van der Waals surface area contributed by atoms with Crippen LogP contribution >= 0.6 is 0 Å². The number of aliphatic carboxylic acids is 1. The molecule has 0 aliphatic rings. The van der Waals surface area contributed by atoms with Crippen molar-refractivity contribution in [1.82, 2.24) is 31.9 Å². The van der Waals surface area contributed by atoms with E-state index < -0.39 is 103 Å². The van der Waals surface area contributed by atoms with Crippen LogP contribution in [0.1, 0.15) is 47.5 Å². The minimum Gasteiger partial charge on any atom is -0.480 e. The van der Waals surface area contributed by atoms with E-state index in [1.54, 1.807) is 0 Å². The normalized spacial score (nSPS) is 16.6. The van der Waals surface area contributed by atoms with Crippen molar-refractivity contribution < 1.29 is 54.0 Å². The summed E-state index contributed by atoms with van der Waals surface area (Å²) in [6.45, 7) is 5.28. The predicted molar refractivity (Wildman–Crippen MR) is 165 cm³/mol. The maximum atomic E-state index is 13.2. The van der Waals surface area contributed by atoms with E-state index in [1.807, 2.05) is 0 Å². The van der Waals surface area contributed by atoms with Gasteiger partial charge < -0.3 is 69.5 Å². The quantitative estimate of drug-likeness (QED) is 0.0324. The van der Waals surface area contributed by atoms with E-state index in [1.165, 1.54) is 20.8 Å². The number of nitrogens with zero attached hydrogens (tertiary/aromatic N) is 1. The van der Waals surface area contributed by atoms with Crippen LogP contribution in [0.4, 0.5) is 0 Å². The summed E-state index contributed by atoms with van der Waals surface area (Å²) in [5, 5.41) is 52.2. The van der Waals surface area contributed by atoms with Crippen molar-refractivity contribution in [1.29, 1.82) is 0 Å². The Labute approximate surface area is 270 Å². The molecule has 0 fully saturated rings.